The highest BCUT2D eigenvalue weighted by molar-refractivity contribution is 5.56. The Morgan fingerprint density at radius 3 is 3.06 bits per heavy atom. The Labute approximate surface area is 92.9 Å². The summed E-state index contributed by atoms with van der Waals surface area (Å²) in [6, 6.07) is 3.93. The quantitative estimate of drug-likeness (QED) is 0.695. The number of aromatic nitrogens is 3. The summed E-state index contributed by atoms with van der Waals surface area (Å²) in [4.78, 5) is 6.66. The first kappa shape index (κ1) is 9.41. The van der Waals surface area contributed by atoms with E-state index in [-0.39, 0.29) is 6.04 Å². The van der Waals surface area contributed by atoms with Crippen LogP contribution in [-0.2, 0) is 0 Å². The Bertz CT molecular complexity index is 519. The van der Waals surface area contributed by atoms with Gasteiger partial charge in [0.15, 0.2) is 5.65 Å². The van der Waals surface area contributed by atoms with Crippen molar-refractivity contribution in [2.45, 2.75) is 12.5 Å². The fraction of sp³-hybridized carbons (Fsp3) is 0.400. The van der Waals surface area contributed by atoms with Crippen LogP contribution in [0.2, 0.25) is 0 Å². The van der Waals surface area contributed by atoms with E-state index in [0.717, 1.165) is 31.0 Å². The third-order valence-electron chi connectivity index (χ3n) is 2.92. The van der Waals surface area contributed by atoms with E-state index in [2.05, 4.69) is 15.0 Å². The van der Waals surface area contributed by atoms with Gasteiger partial charge in [-0.25, -0.2) is 4.98 Å². The number of anilines is 2. The average Bonchev–Trinajstić information content (AvgIpc) is 2.85. The van der Waals surface area contributed by atoms with Crippen molar-refractivity contribution in [2.24, 2.45) is 5.73 Å². The van der Waals surface area contributed by atoms with Crippen molar-refractivity contribution in [3.8, 4) is 0 Å². The molecular formula is C10H14N6. The summed E-state index contributed by atoms with van der Waals surface area (Å²) in [5.41, 5.74) is 12.6. The molecule has 6 nitrogen and oxygen atoms in total. The molecular weight excluding hydrogens is 204 g/mol. The standard InChI is InChI=1S/C10H14N6/c11-7-2-4-15(6-7)10-5-8(12)16-9(14-10)1-3-13-16/h1,3,5,7H,2,4,6,11-12H2. The zero-order valence-corrected chi connectivity index (χ0v) is 8.87. The second kappa shape index (κ2) is 3.34. The van der Waals surface area contributed by atoms with Crippen LogP contribution in [0.15, 0.2) is 18.3 Å². The fourth-order valence-electron chi connectivity index (χ4n) is 2.08. The number of nitrogen functional groups attached to an aromatic ring is 1. The Balaban J connectivity index is 2.04. The maximum atomic E-state index is 5.91. The van der Waals surface area contributed by atoms with Gasteiger partial charge in [0.1, 0.15) is 11.6 Å². The van der Waals surface area contributed by atoms with E-state index < -0.39 is 0 Å². The molecule has 0 bridgehead atoms. The molecule has 6 heteroatoms. The van der Waals surface area contributed by atoms with Gasteiger partial charge in [-0.1, -0.05) is 0 Å². The van der Waals surface area contributed by atoms with Crippen LogP contribution in [0.25, 0.3) is 5.65 Å². The summed E-state index contributed by atoms with van der Waals surface area (Å²) < 4.78 is 1.62. The molecule has 1 aliphatic heterocycles. The molecule has 84 valence electrons. The minimum atomic E-state index is 0.240. The van der Waals surface area contributed by atoms with Gasteiger partial charge in [-0.05, 0) is 6.42 Å². The molecule has 2 aromatic rings. The SMILES string of the molecule is Nc1cc(N2CCC(N)C2)nc2ccnn12. The molecule has 16 heavy (non-hydrogen) atoms. The molecule has 1 atom stereocenters. The van der Waals surface area contributed by atoms with Gasteiger partial charge in [0.25, 0.3) is 0 Å². The topological polar surface area (TPSA) is 85.5 Å². The summed E-state index contributed by atoms with van der Waals surface area (Å²) in [5.74, 6) is 1.49. The summed E-state index contributed by atoms with van der Waals surface area (Å²) >= 11 is 0. The van der Waals surface area contributed by atoms with Crippen molar-refractivity contribution in [3.63, 3.8) is 0 Å². The molecule has 0 aliphatic carbocycles. The van der Waals surface area contributed by atoms with Gasteiger partial charge in [-0.2, -0.15) is 9.61 Å². The molecule has 0 amide bonds. The molecule has 1 saturated heterocycles. The average molecular weight is 218 g/mol. The van der Waals surface area contributed by atoms with Gasteiger partial charge in [0, 0.05) is 31.3 Å². The van der Waals surface area contributed by atoms with Crippen molar-refractivity contribution in [2.75, 3.05) is 23.7 Å². The van der Waals surface area contributed by atoms with E-state index in [0.29, 0.717) is 5.82 Å². The minimum absolute atomic E-state index is 0.240. The molecule has 1 fully saturated rings. The van der Waals surface area contributed by atoms with E-state index in [1.165, 1.54) is 0 Å². The Hall–Kier alpha value is -1.82. The molecule has 2 aromatic heterocycles. The van der Waals surface area contributed by atoms with Gasteiger partial charge in [-0.3, -0.25) is 0 Å². The predicted molar refractivity (Wildman–Crippen MR) is 62.2 cm³/mol. The lowest BCUT2D eigenvalue weighted by Gasteiger charge is -2.17. The third-order valence-corrected chi connectivity index (χ3v) is 2.92. The van der Waals surface area contributed by atoms with Crippen LogP contribution in [0.5, 0.6) is 0 Å². The van der Waals surface area contributed by atoms with Gasteiger partial charge in [0.05, 0.1) is 6.20 Å². The molecule has 3 rings (SSSR count). The number of fused-ring (bicyclic) bond motifs is 1. The molecule has 0 radical (unpaired) electrons. The van der Waals surface area contributed by atoms with Crippen LogP contribution in [0.4, 0.5) is 11.6 Å². The van der Waals surface area contributed by atoms with Crippen molar-refractivity contribution in [1.29, 1.82) is 0 Å². The number of nitrogens with two attached hydrogens (primary N) is 2. The van der Waals surface area contributed by atoms with Crippen molar-refractivity contribution in [3.05, 3.63) is 18.3 Å². The second-order valence-electron chi connectivity index (χ2n) is 4.14. The van der Waals surface area contributed by atoms with Crippen LogP contribution in [0.3, 0.4) is 0 Å². The number of rotatable bonds is 1. The number of nitrogens with zero attached hydrogens (tertiary/aromatic N) is 4. The molecule has 1 aliphatic rings. The van der Waals surface area contributed by atoms with Crippen LogP contribution in [0.1, 0.15) is 6.42 Å². The van der Waals surface area contributed by atoms with Crippen molar-refractivity contribution < 1.29 is 0 Å². The highest BCUT2D eigenvalue weighted by Gasteiger charge is 2.21. The Kier molecular flexibility index (Phi) is 1.97. The van der Waals surface area contributed by atoms with E-state index in [1.54, 1.807) is 10.7 Å². The first-order valence-corrected chi connectivity index (χ1v) is 5.35. The summed E-state index contributed by atoms with van der Waals surface area (Å²) in [6.07, 6.45) is 2.70. The largest absolute Gasteiger partial charge is 0.383 e. The molecule has 3 heterocycles. The zero-order chi connectivity index (χ0) is 11.1. The fourth-order valence-corrected chi connectivity index (χ4v) is 2.08. The number of hydrogen-bond acceptors (Lipinski definition) is 5. The molecule has 0 spiro atoms. The number of hydrogen-bond donors (Lipinski definition) is 2. The molecule has 1 unspecified atom stereocenters. The molecule has 0 aromatic carbocycles. The zero-order valence-electron chi connectivity index (χ0n) is 8.87. The van der Waals surface area contributed by atoms with E-state index in [4.69, 9.17) is 11.5 Å². The maximum absolute atomic E-state index is 5.91. The smallest absolute Gasteiger partial charge is 0.159 e. The van der Waals surface area contributed by atoms with Crippen molar-refractivity contribution >= 4 is 17.3 Å². The van der Waals surface area contributed by atoms with E-state index in [9.17, 15) is 0 Å². The van der Waals surface area contributed by atoms with Gasteiger partial charge >= 0.3 is 0 Å². The Morgan fingerprint density at radius 2 is 2.31 bits per heavy atom. The molecule has 4 N–H and O–H groups in total. The van der Waals surface area contributed by atoms with Crippen molar-refractivity contribution in [1.82, 2.24) is 14.6 Å². The second-order valence-corrected chi connectivity index (χ2v) is 4.14. The van der Waals surface area contributed by atoms with Crippen LogP contribution in [-0.4, -0.2) is 33.7 Å². The van der Waals surface area contributed by atoms with Crippen LogP contribution >= 0.6 is 0 Å². The third kappa shape index (κ3) is 1.38. The minimum Gasteiger partial charge on any atom is -0.383 e. The van der Waals surface area contributed by atoms with Crippen LogP contribution in [0, 0.1) is 0 Å². The lowest BCUT2D eigenvalue weighted by atomic mass is 10.3. The summed E-state index contributed by atoms with van der Waals surface area (Å²) in [6.45, 7) is 1.79. The lowest BCUT2D eigenvalue weighted by molar-refractivity contribution is 0.751. The monoisotopic (exact) mass is 218 g/mol. The molecule has 0 saturated carbocycles. The Morgan fingerprint density at radius 1 is 1.44 bits per heavy atom. The summed E-state index contributed by atoms with van der Waals surface area (Å²) in [7, 11) is 0. The highest BCUT2D eigenvalue weighted by Crippen LogP contribution is 2.20. The predicted octanol–water partition coefficient (Wildman–Crippen LogP) is -0.151. The van der Waals surface area contributed by atoms with Gasteiger partial charge in [0.2, 0.25) is 0 Å². The van der Waals surface area contributed by atoms with E-state index in [1.807, 2.05) is 12.1 Å². The van der Waals surface area contributed by atoms with Gasteiger partial charge in [-0.15, -0.1) is 0 Å². The first-order valence-electron chi connectivity index (χ1n) is 5.35. The van der Waals surface area contributed by atoms with Gasteiger partial charge < -0.3 is 16.4 Å². The normalized spacial score (nSPS) is 20.8. The maximum Gasteiger partial charge on any atom is 0.159 e. The van der Waals surface area contributed by atoms with Crippen LogP contribution < -0.4 is 16.4 Å². The van der Waals surface area contributed by atoms with E-state index >= 15 is 0 Å². The first-order chi connectivity index (χ1) is 7.74. The lowest BCUT2D eigenvalue weighted by Crippen LogP contribution is -2.27. The summed E-state index contributed by atoms with van der Waals surface area (Å²) in [5, 5.41) is 4.09. The highest BCUT2D eigenvalue weighted by atomic mass is 15.3.